The zero-order valence-electron chi connectivity index (χ0n) is 11.7. The van der Waals surface area contributed by atoms with Crippen molar-refractivity contribution in [2.24, 2.45) is 0 Å². The smallest absolute Gasteiger partial charge is 0.0487 e. The minimum Gasteiger partial charge on any atom is -0.385 e. The van der Waals surface area contributed by atoms with Crippen LogP contribution in [0.5, 0.6) is 0 Å². The van der Waals surface area contributed by atoms with Gasteiger partial charge in [-0.3, -0.25) is 0 Å². The molecule has 0 radical (unpaired) electrons. The Morgan fingerprint density at radius 3 is 2.50 bits per heavy atom. The van der Waals surface area contributed by atoms with Crippen LogP contribution in [0.4, 0.5) is 0 Å². The third-order valence-electron chi connectivity index (χ3n) is 3.31. The summed E-state index contributed by atoms with van der Waals surface area (Å²) in [5, 5.41) is 0. The summed E-state index contributed by atoms with van der Waals surface area (Å²) in [6.07, 6.45) is 1.71. The fourth-order valence-electron chi connectivity index (χ4n) is 1.96. The molecule has 114 valence electrons. The molecular formula is C15H21BrCl2O2. The molecule has 0 aliphatic rings. The van der Waals surface area contributed by atoms with Crippen LogP contribution in [0.25, 0.3) is 0 Å². The van der Waals surface area contributed by atoms with Crippen molar-refractivity contribution in [3.63, 3.8) is 0 Å². The molecule has 0 saturated heterocycles. The van der Waals surface area contributed by atoms with Crippen LogP contribution in [0.3, 0.4) is 0 Å². The molecule has 1 aromatic carbocycles. The molecule has 20 heavy (non-hydrogen) atoms. The standard InChI is InChI=1S/C15H21BrCl2O2/c1-19-7-3-8-20-9-6-15(11-17,12-18)13-4-2-5-14(16)10-13/h2,4-5,10H,3,6-9,11-12H2,1H3. The van der Waals surface area contributed by atoms with Crippen LogP contribution in [0.15, 0.2) is 28.7 Å². The molecule has 0 saturated carbocycles. The average molecular weight is 384 g/mol. The van der Waals surface area contributed by atoms with Gasteiger partial charge in [-0.1, -0.05) is 28.1 Å². The Hall–Kier alpha value is 0.200. The second-order valence-electron chi connectivity index (χ2n) is 4.77. The average Bonchev–Trinajstić information content (AvgIpc) is 2.47. The van der Waals surface area contributed by atoms with Crippen molar-refractivity contribution < 1.29 is 9.47 Å². The van der Waals surface area contributed by atoms with Crippen LogP contribution < -0.4 is 0 Å². The lowest BCUT2D eigenvalue weighted by molar-refractivity contribution is 0.0931. The molecule has 0 fully saturated rings. The Labute approximate surface area is 139 Å². The maximum Gasteiger partial charge on any atom is 0.0487 e. The molecule has 1 rings (SSSR count). The summed E-state index contributed by atoms with van der Waals surface area (Å²) < 4.78 is 11.7. The van der Waals surface area contributed by atoms with Crippen molar-refractivity contribution in [3.8, 4) is 0 Å². The van der Waals surface area contributed by atoms with Gasteiger partial charge in [0.15, 0.2) is 0 Å². The van der Waals surface area contributed by atoms with Gasteiger partial charge in [0.25, 0.3) is 0 Å². The second-order valence-corrected chi connectivity index (χ2v) is 6.22. The number of hydrogen-bond donors (Lipinski definition) is 0. The lowest BCUT2D eigenvalue weighted by atomic mass is 9.81. The van der Waals surface area contributed by atoms with E-state index >= 15 is 0 Å². The fourth-order valence-corrected chi connectivity index (χ4v) is 3.22. The summed E-state index contributed by atoms with van der Waals surface area (Å²) in [7, 11) is 1.69. The second kappa shape index (κ2) is 10.0. The fraction of sp³-hybridized carbons (Fsp3) is 0.600. The number of rotatable bonds is 10. The monoisotopic (exact) mass is 382 g/mol. The first-order valence-electron chi connectivity index (χ1n) is 6.63. The molecule has 0 atom stereocenters. The third-order valence-corrected chi connectivity index (χ3v) is 4.83. The number of halogens is 3. The molecule has 0 aliphatic carbocycles. The Kier molecular flexibility index (Phi) is 9.14. The Bertz CT molecular complexity index is 384. The summed E-state index contributed by atoms with van der Waals surface area (Å²) in [6, 6.07) is 8.15. The molecule has 0 amide bonds. The van der Waals surface area contributed by atoms with E-state index in [2.05, 4.69) is 28.1 Å². The van der Waals surface area contributed by atoms with E-state index in [0.29, 0.717) is 25.0 Å². The number of hydrogen-bond acceptors (Lipinski definition) is 2. The highest BCUT2D eigenvalue weighted by Crippen LogP contribution is 2.32. The molecule has 5 heteroatoms. The SMILES string of the molecule is COCCCOCCC(CCl)(CCl)c1cccc(Br)c1. The topological polar surface area (TPSA) is 18.5 Å². The predicted octanol–water partition coefficient (Wildman–Crippen LogP) is 4.61. The van der Waals surface area contributed by atoms with Gasteiger partial charge in [-0.05, 0) is 30.5 Å². The summed E-state index contributed by atoms with van der Waals surface area (Å²) in [6.45, 7) is 2.07. The van der Waals surface area contributed by atoms with Crippen LogP contribution in [-0.2, 0) is 14.9 Å². The molecule has 0 bridgehead atoms. The first-order valence-corrected chi connectivity index (χ1v) is 8.49. The maximum absolute atomic E-state index is 6.20. The largest absolute Gasteiger partial charge is 0.385 e. The van der Waals surface area contributed by atoms with Gasteiger partial charge in [0.05, 0.1) is 0 Å². The van der Waals surface area contributed by atoms with Crippen LogP contribution in [0, 0.1) is 0 Å². The van der Waals surface area contributed by atoms with E-state index in [1.807, 2.05) is 12.1 Å². The Morgan fingerprint density at radius 2 is 1.90 bits per heavy atom. The molecule has 1 aromatic rings. The van der Waals surface area contributed by atoms with Crippen LogP contribution in [0.1, 0.15) is 18.4 Å². The van der Waals surface area contributed by atoms with Crippen LogP contribution in [-0.4, -0.2) is 38.7 Å². The van der Waals surface area contributed by atoms with Gasteiger partial charge in [0, 0.05) is 48.6 Å². The van der Waals surface area contributed by atoms with Crippen LogP contribution >= 0.6 is 39.1 Å². The minimum atomic E-state index is -0.242. The van der Waals surface area contributed by atoms with Crippen LogP contribution in [0.2, 0.25) is 0 Å². The van der Waals surface area contributed by atoms with Gasteiger partial charge in [0.2, 0.25) is 0 Å². The van der Waals surface area contributed by atoms with E-state index in [0.717, 1.165) is 29.5 Å². The number of methoxy groups -OCH3 is 1. The van der Waals surface area contributed by atoms with E-state index in [4.69, 9.17) is 32.7 Å². The lowest BCUT2D eigenvalue weighted by Crippen LogP contribution is -2.32. The van der Waals surface area contributed by atoms with Crippen molar-refractivity contribution in [1.29, 1.82) is 0 Å². The van der Waals surface area contributed by atoms with Crippen molar-refractivity contribution in [1.82, 2.24) is 0 Å². The molecular weight excluding hydrogens is 363 g/mol. The Balaban J connectivity index is 2.58. The number of benzene rings is 1. The lowest BCUT2D eigenvalue weighted by Gasteiger charge is -2.30. The van der Waals surface area contributed by atoms with Crippen molar-refractivity contribution in [2.75, 3.05) is 38.7 Å². The molecule has 0 spiro atoms. The quantitative estimate of drug-likeness (QED) is 0.434. The van der Waals surface area contributed by atoms with Gasteiger partial charge in [0.1, 0.15) is 0 Å². The summed E-state index contributed by atoms with van der Waals surface area (Å²) in [5.41, 5.74) is 0.908. The normalized spacial score (nSPS) is 11.8. The van der Waals surface area contributed by atoms with Crippen molar-refractivity contribution in [2.45, 2.75) is 18.3 Å². The number of alkyl halides is 2. The Morgan fingerprint density at radius 1 is 1.15 bits per heavy atom. The highest BCUT2D eigenvalue weighted by Gasteiger charge is 2.30. The van der Waals surface area contributed by atoms with E-state index < -0.39 is 0 Å². The third kappa shape index (κ3) is 5.53. The summed E-state index contributed by atoms with van der Waals surface area (Å²) in [5.74, 6) is 0.961. The van der Waals surface area contributed by atoms with E-state index in [1.165, 1.54) is 0 Å². The highest BCUT2D eigenvalue weighted by molar-refractivity contribution is 9.10. The molecule has 2 nitrogen and oxygen atoms in total. The van der Waals surface area contributed by atoms with Gasteiger partial charge < -0.3 is 9.47 Å². The minimum absolute atomic E-state index is 0.242. The maximum atomic E-state index is 6.20. The zero-order valence-corrected chi connectivity index (χ0v) is 14.8. The van der Waals surface area contributed by atoms with E-state index in [9.17, 15) is 0 Å². The number of ether oxygens (including phenoxy) is 2. The van der Waals surface area contributed by atoms with Gasteiger partial charge in [-0.2, -0.15) is 0 Å². The van der Waals surface area contributed by atoms with E-state index in [-0.39, 0.29) is 5.41 Å². The molecule has 0 aliphatic heterocycles. The first-order chi connectivity index (χ1) is 9.68. The summed E-state index contributed by atoms with van der Waals surface area (Å²) in [4.78, 5) is 0. The van der Waals surface area contributed by atoms with Crippen molar-refractivity contribution >= 4 is 39.1 Å². The zero-order chi connectivity index (χ0) is 14.8. The molecule has 0 N–H and O–H groups in total. The molecule has 0 heterocycles. The first kappa shape index (κ1) is 18.2. The van der Waals surface area contributed by atoms with E-state index in [1.54, 1.807) is 7.11 Å². The van der Waals surface area contributed by atoms with Gasteiger partial charge in [-0.15, -0.1) is 23.2 Å². The highest BCUT2D eigenvalue weighted by atomic mass is 79.9. The molecule has 0 aromatic heterocycles. The predicted molar refractivity (Wildman–Crippen MR) is 89.2 cm³/mol. The van der Waals surface area contributed by atoms with Gasteiger partial charge in [-0.25, -0.2) is 0 Å². The summed E-state index contributed by atoms with van der Waals surface area (Å²) >= 11 is 15.9. The van der Waals surface area contributed by atoms with Gasteiger partial charge >= 0.3 is 0 Å². The van der Waals surface area contributed by atoms with Crippen molar-refractivity contribution in [3.05, 3.63) is 34.3 Å². The molecule has 0 unspecified atom stereocenters.